The van der Waals surface area contributed by atoms with Gasteiger partial charge in [-0.1, -0.05) is 29.0 Å². The summed E-state index contributed by atoms with van der Waals surface area (Å²) in [5.74, 6) is 1.10. The fourth-order valence-corrected chi connectivity index (χ4v) is 3.97. The molecular formula is C21H24ClN3O3S. The smallest absolute Gasteiger partial charge is 0.266 e. The highest BCUT2D eigenvalue weighted by Crippen LogP contribution is 2.33. The summed E-state index contributed by atoms with van der Waals surface area (Å²) < 4.78 is 11.9. The number of likely N-dealkylation sites (N-methyl/N-ethyl adjacent to an activating group) is 1. The number of nitrogens with zero attached hydrogens (tertiary/aromatic N) is 3. The molecule has 154 valence electrons. The number of ether oxygens (including phenoxy) is 2. The molecule has 0 aliphatic rings. The van der Waals surface area contributed by atoms with Crippen LogP contribution in [0.2, 0.25) is 5.02 Å². The van der Waals surface area contributed by atoms with E-state index in [0.717, 1.165) is 15.8 Å². The van der Waals surface area contributed by atoms with Crippen LogP contribution in [-0.2, 0) is 4.79 Å². The second-order valence-corrected chi connectivity index (χ2v) is 8.25. The van der Waals surface area contributed by atoms with Crippen LogP contribution in [0.5, 0.6) is 11.5 Å². The number of carbonyl (C=O) groups is 1. The van der Waals surface area contributed by atoms with Gasteiger partial charge in [-0.05, 0) is 50.8 Å². The van der Waals surface area contributed by atoms with E-state index in [2.05, 4.69) is 0 Å². The van der Waals surface area contributed by atoms with Gasteiger partial charge in [-0.2, -0.15) is 0 Å². The second-order valence-electron chi connectivity index (χ2n) is 6.83. The van der Waals surface area contributed by atoms with Crippen LogP contribution in [0.1, 0.15) is 5.56 Å². The van der Waals surface area contributed by atoms with Crippen molar-refractivity contribution in [3.8, 4) is 11.5 Å². The number of hydrogen-bond acceptors (Lipinski definition) is 6. The normalized spacial score (nSPS) is 11.1. The first-order valence-electron chi connectivity index (χ1n) is 9.16. The van der Waals surface area contributed by atoms with Crippen LogP contribution in [0.15, 0.2) is 36.4 Å². The summed E-state index contributed by atoms with van der Waals surface area (Å²) in [5, 5.41) is 1.31. The Morgan fingerprint density at radius 2 is 1.93 bits per heavy atom. The van der Waals surface area contributed by atoms with Crippen LogP contribution in [0.25, 0.3) is 10.2 Å². The zero-order chi connectivity index (χ0) is 21.0. The summed E-state index contributed by atoms with van der Waals surface area (Å²) in [6.45, 7) is 3.07. The van der Waals surface area contributed by atoms with Gasteiger partial charge >= 0.3 is 0 Å². The van der Waals surface area contributed by atoms with Crippen molar-refractivity contribution in [2.45, 2.75) is 6.92 Å². The summed E-state index contributed by atoms with van der Waals surface area (Å²) in [4.78, 5) is 21.4. The van der Waals surface area contributed by atoms with Crippen LogP contribution in [0.4, 0.5) is 5.13 Å². The first-order valence-corrected chi connectivity index (χ1v) is 10.4. The molecule has 3 rings (SSSR count). The Hall–Kier alpha value is -2.35. The zero-order valence-corrected chi connectivity index (χ0v) is 18.5. The Balaban J connectivity index is 1.82. The van der Waals surface area contributed by atoms with Crippen molar-refractivity contribution in [1.82, 2.24) is 9.88 Å². The summed E-state index contributed by atoms with van der Waals surface area (Å²) in [6, 6.07) is 11.0. The molecule has 0 unspecified atom stereocenters. The molecule has 0 bridgehead atoms. The molecule has 0 saturated heterocycles. The van der Waals surface area contributed by atoms with Crippen LogP contribution in [0.3, 0.4) is 0 Å². The molecule has 2 aromatic carbocycles. The van der Waals surface area contributed by atoms with E-state index in [9.17, 15) is 4.79 Å². The van der Waals surface area contributed by atoms with E-state index in [1.807, 2.05) is 50.2 Å². The van der Waals surface area contributed by atoms with Gasteiger partial charge in [0, 0.05) is 24.2 Å². The largest absolute Gasteiger partial charge is 0.497 e. The van der Waals surface area contributed by atoms with E-state index in [-0.39, 0.29) is 12.5 Å². The van der Waals surface area contributed by atoms with Crippen molar-refractivity contribution < 1.29 is 14.3 Å². The average Bonchev–Trinajstić information content (AvgIpc) is 3.14. The summed E-state index contributed by atoms with van der Waals surface area (Å²) in [7, 11) is 5.53. The number of aromatic nitrogens is 1. The number of amides is 1. The van der Waals surface area contributed by atoms with Gasteiger partial charge in [0.05, 0.1) is 17.3 Å². The average molecular weight is 434 g/mol. The fraction of sp³-hybridized carbons (Fsp3) is 0.333. The molecular weight excluding hydrogens is 410 g/mol. The highest BCUT2D eigenvalue weighted by atomic mass is 35.5. The van der Waals surface area contributed by atoms with Gasteiger partial charge in [0.1, 0.15) is 11.5 Å². The zero-order valence-electron chi connectivity index (χ0n) is 16.9. The molecule has 3 aromatic rings. The second kappa shape index (κ2) is 9.43. The molecule has 0 spiro atoms. The predicted molar refractivity (Wildman–Crippen MR) is 119 cm³/mol. The number of aryl methyl sites for hydroxylation is 1. The lowest BCUT2D eigenvalue weighted by Gasteiger charge is -2.22. The topological polar surface area (TPSA) is 54.9 Å². The molecule has 0 saturated carbocycles. The number of halogens is 1. The minimum Gasteiger partial charge on any atom is -0.497 e. The Morgan fingerprint density at radius 1 is 1.17 bits per heavy atom. The molecule has 0 atom stereocenters. The molecule has 0 aliphatic heterocycles. The van der Waals surface area contributed by atoms with Crippen molar-refractivity contribution in [3.05, 3.63) is 47.0 Å². The van der Waals surface area contributed by atoms with E-state index in [1.54, 1.807) is 24.1 Å². The molecule has 6 nitrogen and oxygen atoms in total. The van der Waals surface area contributed by atoms with E-state index in [0.29, 0.717) is 34.7 Å². The third kappa shape index (κ3) is 5.18. The number of thiazole rings is 1. The number of methoxy groups -OCH3 is 1. The van der Waals surface area contributed by atoms with Crippen LogP contribution < -0.4 is 14.4 Å². The molecule has 8 heteroatoms. The van der Waals surface area contributed by atoms with Crippen LogP contribution in [-0.4, -0.2) is 56.7 Å². The molecule has 1 amide bonds. The molecule has 1 heterocycles. The van der Waals surface area contributed by atoms with Gasteiger partial charge in [0.2, 0.25) is 0 Å². The van der Waals surface area contributed by atoms with E-state index in [1.165, 1.54) is 11.3 Å². The fourth-order valence-electron chi connectivity index (χ4n) is 2.75. The lowest BCUT2D eigenvalue weighted by atomic mass is 10.2. The van der Waals surface area contributed by atoms with Gasteiger partial charge in [-0.3, -0.25) is 9.69 Å². The number of hydrogen-bond donors (Lipinski definition) is 0. The van der Waals surface area contributed by atoms with Crippen molar-refractivity contribution >= 4 is 44.2 Å². The van der Waals surface area contributed by atoms with Crippen LogP contribution in [0, 0.1) is 6.92 Å². The first kappa shape index (κ1) is 21.4. The highest BCUT2D eigenvalue weighted by molar-refractivity contribution is 7.22. The Labute approximate surface area is 179 Å². The highest BCUT2D eigenvalue weighted by Gasteiger charge is 2.21. The summed E-state index contributed by atoms with van der Waals surface area (Å²) in [6.07, 6.45) is 0. The molecule has 0 aliphatic carbocycles. The first-order chi connectivity index (χ1) is 13.9. The molecule has 0 N–H and O–H groups in total. The van der Waals surface area contributed by atoms with Crippen molar-refractivity contribution in [2.24, 2.45) is 0 Å². The van der Waals surface area contributed by atoms with Gasteiger partial charge < -0.3 is 14.4 Å². The molecule has 29 heavy (non-hydrogen) atoms. The van der Waals surface area contributed by atoms with Crippen LogP contribution >= 0.6 is 22.9 Å². The number of fused-ring (bicyclic) bond motifs is 1. The van der Waals surface area contributed by atoms with Gasteiger partial charge in [0.15, 0.2) is 11.7 Å². The molecule has 0 fully saturated rings. The lowest BCUT2D eigenvalue weighted by Crippen LogP contribution is -2.39. The maximum absolute atomic E-state index is 13.0. The predicted octanol–water partition coefficient (Wildman–Crippen LogP) is 4.24. The molecule has 0 radical (unpaired) electrons. The van der Waals surface area contributed by atoms with Gasteiger partial charge in [-0.25, -0.2) is 4.98 Å². The number of anilines is 1. The standard InChI is InChI=1S/C21H24ClN3O3S/c1-14-17(22)8-9-18-20(14)23-21(29-18)25(11-10-24(2)3)19(26)13-28-16-7-5-6-15(12-16)27-4/h5-9,12H,10-11,13H2,1-4H3. The maximum Gasteiger partial charge on any atom is 0.266 e. The quantitative estimate of drug-likeness (QED) is 0.531. The minimum atomic E-state index is -0.155. The Kier molecular flexibility index (Phi) is 6.95. The maximum atomic E-state index is 13.0. The van der Waals surface area contributed by atoms with Gasteiger partial charge in [0.25, 0.3) is 5.91 Å². The van der Waals surface area contributed by atoms with Crippen molar-refractivity contribution in [2.75, 3.05) is 45.8 Å². The van der Waals surface area contributed by atoms with E-state index in [4.69, 9.17) is 26.1 Å². The third-order valence-corrected chi connectivity index (χ3v) is 5.90. The van der Waals surface area contributed by atoms with E-state index < -0.39 is 0 Å². The molecule has 1 aromatic heterocycles. The minimum absolute atomic E-state index is 0.0870. The lowest BCUT2D eigenvalue weighted by molar-refractivity contribution is -0.120. The number of rotatable bonds is 8. The SMILES string of the molecule is COc1cccc(OCC(=O)N(CCN(C)C)c2nc3c(C)c(Cl)ccc3s2)c1. The van der Waals surface area contributed by atoms with Crippen molar-refractivity contribution in [1.29, 1.82) is 0 Å². The van der Waals surface area contributed by atoms with Gasteiger partial charge in [-0.15, -0.1) is 0 Å². The Bertz CT molecular complexity index is 1010. The van der Waals surface area contributed by atoms with E-state index >= 15 is 0 Å². The summed E-state index contributed by atoms with van der Waals surface area (Å²) in [5.41, 5.74) is 1.74. The number of benzene rings is 2. The third-order valence-electron chi connectivity index (χ3n) is 4.44. The number of carbonyl (C=O) groups excluding carboxylic acids is 1. The Morgan fingerprint density at radius 3 is 2.66 bits per heavy atom. The monoisotopic (exact) mass is 433 g/mol. The van der Waals surface area contributed by atoms with Crippen molar-refractivity contribution in [3.63, 3.8) is 0 Å². The summed E-state index contributed by atoms with van der Waals surface area (Å²) >= 11 is 7.71.